The summed E-state index contributed by atoms with van der Waals surface area (Å²) in [5, 5.41) is 10.2. The number of hydrogen-bond acceptors (Lipinski definition) is 6. The van der Waals surface area contributed by atoms with Crippen molar-refractivity contribution in [2.75, 3.05) is 13.7 Å². The summed E-state index contributed by atoms with van der Waals surface area (Å²) in [6.45, 7) is 2.04. The Labute approximate surface area is 117 Å². The van der Waals surface area contributed by atoms with E-state index in [2.05, 4.69) is 10.2 Å². The topological polar surface area (TPSA) is 117 Å². The molecule has 5 atom stereocenters. The SMILES string of the molecule is [2H]O[C@@H]1[C@@H](OC)O[C@H](CN([2H])C(C)=O)[C@@H](O[2H])[C@H]1N([2H])C(C)=O. The van der Waals surface area contributed by atoms with E-state index in [1.165, 1.54) is 14.0 Å². The van der Waals surface area contributed by atoms with Crippen LogP contribution in [0, 0.1) is 0 Å². The first-order chi connectivity index (χ1) is 10.8. The first kappa shape index (κ1) is 10.6. The van der Waals surface area contributed by atoms with Crippen LogP contribution in [0.5, 0.6) is 0 Å². The Hall–Kier alpha value is -1.22. The van der Waals surface area contributed by atoms with E-state index in [4.69, 9.17) is 15.2 Å². The summed E-state index contributed by atoms with van der Waals surface area (Å²) in [6, 6.07) is -1.19. The molecule has 1 fully saturated rings. The lowest BCUT2D eigenvalue weighted by molar-refractivity contribution is -0.264. The van der Waals surface area contributed by atoms with Crippen molar-refractivity contribution in [1.29, 1.82) is 2.86 Å². The number of methoxy groups -OCH3 is 1. The number of aliphatic hydroxyl groups is 2. The van der Waals surface area contributed by atoms with Gasteiger partial charge in [-0.05, 0) is 0 Å². The van der Waals surface area contributed by atoms with Gasteiger partial charge in [-0.3, -0.25) is 9.59 Å². The largest absolute Gasteiger partial charge is 0.388 e. The summed E-state index contributed by atoms with van der Waals surface area (Å²) in [5.74, 6) is -1.22. The zero-order valence-corrected chi connectivity index (χ0v) is 10.9. The number of nitrogens with one attached hydrogen (secondary N) is 2. The van der Waals surface area contributed by atoms with Crippen molar-refractivity contribution in [1.82, 2.24) is 10.6 Å². The van der Waals surface area contributed by atoms with Crippen LogP contribution in [-0.4, -0.2) is 69.2 Å². The number of rotatable bonds is 6. The molecule has 0 saturated carbocycles. The van der Waals surface area contributed by atoms with Gasteiger partial charge in [-0.2, -0.15) is 0 Å². The molecule has 0 aromatic rings. The molecule has 0 spiro atoms. The fourth-order valence-electron chi connectivity index (χ4n) is 1.81. The minimum absolute atomic E-state index is 0.272. The van der Waals surface area contributed by atoms with Gasteiger partial charge in [0.25, 0.3) is 0 Å². The van der Waals surface area contributed by atoms with Crippen LogP contribution in [0.1, 0.15) is 13.8 Å². The summed E-state index contributed by atoms with van der Waals surface area (Å²) < 4.78 is 40.3. The lowest BCUT2D eigenvalue weighted by Crippen LogP contribution is -2.65. The van der Waals surface area contributed by atoms with Crippen molar-refractivity contribution in [2.45, 2.75) is 44.5 Å². The molecule has 0 aromatic carbocycles. The van der Waals surface area contributed by atoms with E-state index < -0.39 is 42.5 Å². The van der Waals surface area contributed by atoms with E-state index in [9.17, 15) is 9.59 Å². The molecule has 8 nitrogen and oxygen atoms in total. The minimum atomic E-state index is -1.22. The van der Waals surface area contributed by atoms with Gasteiger partial charge in [-0.25, -0.2) is 0 Å². The second-order valence-electron chi connectivity index (χ2n) is 4.21. The number of amides is 2. The highest BCUT2D eigenvalue weighted by atomic mass is 16.7. The van der Waals surface area contributed by atoms with Gasteiger partial charge in [0.15, 0.2) is 9.11 Å². The normalized spacial score (nSPS) is 37.5. The van der Waals surface area contributed by atoms with Crippen LogP contribution in [-0.2, 0) is 19.1 Å². The zero-order chi connectivity index (χ0) is 17.7. The Bertz CT molecular complexity index is 431. The molecule has 1 aliphatic heterocycles. The average molecular weight is 280 g/mol. The molecule has 19 heavy (non-hydrogen) atoms. The average Bonchev–Trinajstić information content (AvgIpc) is 2.52. The zero-order valence-electron chi connectivity index (χ0n) is 14.9. The number of carbonyl (C=O) groups excluding carboxylic acids is 2. The van der Waals surface area contributed by atoms with Crippen molar-refractivity contribution in [3.63, 3.8) is 0 Å². The molecule has 0 bridgehead atoms. The summed E-state index contributed by atoms with van der Waals surface area (Å²) >= 11 is 0. The number of aliphatic hydroxyl groups excluding tert-OH is 2. The number of carbonyl (C=O) groups is 2. The second kappa shape index (κ2) is 6.80. The van der Waals surface area contributed by atoms with Gasteiger partial charge < -0.3 is 30.3 Å². The molecule has 1 heterocycles. The minimum Gasteiger partial charge on any atom is -0.388 e. The molecule has 110 valence electrons. The predicted octanol–water partition coefficient (Wildman–Crippen LogP) is -2.28. The molecule has 0 radical (unpaired) electrons. The molecule has 8 heteroatoms. The fourth-order valence-corrected chi connectivity index (χ4v) is 1.81. The highest BCUT2D eigenvalue weighted by Gasteiger charge is 2.45. The monoisotopic (exact) mass is 280 g/mol. The molecular formula is C11H20N2O6. The Morgan fingerprint density at radius 1 is 1.37 bits per heavy atom. The Kier molecular flexibility index (Phi) is 3.78. The third-order valence-electron chi connectivity index (χ3n) is 2.67. The molecule has 0 aliphatic carbocycles. The van der Waals surface area contributed by atoms with Crippen LogP contribution in [0.3, 0.4) is 0 Å². The van der Waals surface area contributed by atoms with Gasteiger partial charge in [-0.1, -0.05) is 0 Å². The standard InChI is InChI=1S/C11H20N2O6/c1-5(14)12-4-7-9(16)8(13-6(2)15)10(17)11(18-3)19-7/h7-11,16-17H,4H2,1-3H3,(H,12,14)(H,13,15)/t7-,8-,9-,10+,11+/m1/s1/i16D,17D/hD2. The number of ether oxygens (including phenoxy) is 2. The third-order valence-corrected chi connectivity index (χ3v) is 2.67. The van der Waals surface area contributed by atoms with Crippen LogP contribution < -0.4 is 10.6 Å². The van der Waals surface area contributed by atoms with E-state index in [0.717, 1.165) is 6.92 Å². The maximum absolute atomic E-state index is 11.5. The van der Waals surface area contributed by atoms with Gasteiger partial charge in [0, 0.05) is 27.5 Å². The van der Waals surface area contributed by atoms with Crippen molar-refractivity contribution in [2.24, 2.45) is 0 Å². The fraction of sp³-hybridized carbons (Fsp3) is 0.818. The van der Waals surface area contributed by atoms with Crippen LogP contribution in [0.25, 0.3) is 0 Å². The quantitative estimate of drug-likeness (QED) is 0.435. The molecule has 1 aliphatic rings. The van der Waals surface area contributed by atoms with E-state index in [-0.39, 0.29) is 6.54 Å². The summed E-state index contributed by atoms with van der Waals surface area (Å²) in [7, 11) is 1.28. The number of hydrogen-bond donors (Lipinski definition) is 4. The van der Waals surface area contributed by atoms with Gasteiger partial charge in [-0.15, -0.1) is 0 Å². The van der Waals surface area contributed by atoms with E-state index in [1.807, 2.05) is 0 Å². The molecule has 1 rings (SSSR count). The van der Waals surface area contributed by atoms with Crippen molar-refractivity contribution >= 4 is 11.8 Å². The van der Waals surface area contributed by atoms with E-state index in [1.54, 1.807) is 0 Å². The summed E-state index contributed by atoms with van der Waals surface area (Å²) in [4.78, 5) is 22.7. The molecular weight excluding hydrogens is 256 g/mol. The predicted molar refractivity (Wildman–Crippen MR) is 64.0 cm³/mol. The molecule has 0 unspecified atom stereocenters. The van der Waals surface area contributed by atoms with E-state index in [0.29, 0.717) is 10.6 Å². The smallest absolute Gasteiger partial charge is 0.217 e. The first-order valence-electron chi connectivity index (χ1n) is 7.47. The Morgan fingerprint density at radius 3 is 2.53 bits per heavy atom. The Morgan fingerprint density at radius 2 is 2.05 bits per heavy atom. The van der Waals surface area contributed by atoms with Crippen LogP contribution in [0.2, 0.25) is 2.82 Å². The Balaban J connectivity index is 3.13. The maximum Gasteiger partial charge on any atom is 0.217 e. The van der Waals surface area contributed by atoms with Crippen molar-refractivity contribution in [3.05, 3.63) is 0 Å². The van der Waals surface area contributed by atoms with Crippen LogP contribution in [0.15, 0.2) is 0 Å². The molecule has 2 amide bonds. The van der Waals surface area contributed by atoms with Crippen molar-refractivity contribution in [3.8, 4) is 0 Å². The lowest BCUT2D eigenvalue weighted by Gasteiger charge is -2.42. The highest BCUT2D eigenvalue weighted by Crippen LogP contribution is 2.21. The van der Waals surface area contributed by atoms with Crippen LogP contribution in [0.4, 0.5) is 0 Å². The van der Waals surface area contributed by atoms with Gasteiger partial charge in [0.2, 0.25) is 14.7 Å². The van der Waals surface area contributed by atoms with Gasteiger partial charge in [0.05, 0.1) is 6.04 Å². The summed E-state index contributed by atoms with van der Waals surface area (Å²) in [5.41, 5.74) is 0. The van der Waals surface area contributed by atoms with Crippen LogP contribution >= 0.6 is 0 Å². The van der Waals surface area contributed by atoms with Gasteiger partial charge >= 0.3 is 0 Å². The molecule has 1 saturated heterocycles. The van der Waals surface area contributed by atoms with Crippen molar-refractivity contribution < 1.29 is 32.1 Å². The maximum atomic E-state index is 11.5. The molecule has 0 aromatic heterocycles. The molecule has 4 N–H and O–H groups in total. The highest BCUT2D eigenvalue weighted by molar-refractivity contribution is 5.73. The lowest BCUT2D eigenvalue weighted by atomic mass is 9.95. The summed E-state index contributed by atoms with van der Waals surface area (Å²) in [6.07, 6.45) is -4.58. The van der Waals surface area contributed by atoms with E-state index >= 15 is 0 Å². The second-order valence-corrected chi connectivity index (χ2v) is 4.21. The third kappa shape index (κ3) is 4.13. The van der Waals surface area contributed by atoms with Gasteiger partial charge in [0.1, 0.15) is 18.3 Å². The first-order valence-corrected chi connectivity index (χ1v) is 5.76.